The number of hydrogen-bond donors (Lipinski definition) is 1. The van der Waals surface area contributed by atoms with Gasteiger partial charge in [-0.25, -0.2) is 0 Å². The van der Waals surface area contributed by atoms with E-state index >= 15 is 0 Å². The summed E-state index contributed by atoms with van der Waals surface area (Å²) < 4.78 is 0. The first kappa shape index (κ1) is 11.9. The molecule has 2 fully saturated rings. The van der Waals surface area contributed by atoms with Crippen molar-refractivity contribution in [2.75, 3.05) is 33.2 Å². The second-order valence-electron chi connectivity index (χ2n) is 5.23. The van der Waals surface area contributed by atoms with Crippen LogP contribution in [0.15, 0.2) is 0 Å². The van der Waals surface area contributed by atoms with Crippen LogP contribution in [0.3, 0.4) is 0 Å². The highest BCUT2D eigenvalue weighted by atomic mass is 16.4. The van der Waals surface area contributed by atoms with Crippen molar-refractivity contribution in [3.8, 4) is 0 Å². The molecule has 16 heavy (non-hydrogen) atoms. The van der Waals surface area contributed by atoms with Crippen molar-refractivity contribution < 1.29 is 9.90 Å². The van der Waals surface area contributed by atoms with Crippen molar-refractivity contribution in [1.29, 1.82) is 0 Å². The highest BCUT2D eigenvalue weighted by Crippen LogP contribution is 2.25. The van der Waals surface area contributed by atoms with Crippen LogP contribution in [-0.4, -0.2) is 60.1 Å². The zero-order valence-corrected chi connectivity index (χ0v) is 10.1. The maximum absolute atomic E-state index is 11.2. The van der Waals surface area contributed by atoms with E-state index in [0.717, 1.165) is 19.6 Å². The fourth-order valence-corrected chi connectivity index (χ4v) is 2.96. The zero-order valence-electron chi connectivity index (χ0n) is 10.1. The number of rotatable bonds is 2. The molecule has 2 aliphatic rings. The Balaban J connectivity index is 1.99. The lowest BCUT2D eigenvalue weighted by atomic mass is 10.1. The SMILES string of the molecule is CN1CCN(C2CCCC2)CC(C(=O)O)C1. The van der Waals surface area contributed by atoms with Crippen LogP contribution in [0.25, 0.3) is 0 Å². The lowest BCUT2D eigenvalue weighted by Crippen LogP contribution is -2.39. The minimum atomic E-state index is -0.642. The van der Waals surface area contributed by atoms with Gasteiger partial charge in [-0.15, -0.1) is 0 Å². The van der Waals surface area contributed by atoms with Crippen molar-refractivity contribution in [3.05, 3.63) is 0 Å². The number of aliphatic carboxylic acids is 1. The van der Waals surface area contributed by atoms with Crippen LogP contribution in [0.1, 0.15) is 25.7 Å². The Bertz CT molecular complexity index is 251. The van der Waals surface area contributed by atoms with Gasteiger partial charge in [0.2, 0.25) is 0 Å². The van der Waals surface area contributed by atoms with E-state index in [1.54, 1.807) is 0 Å². The number of carboxylic acid groups (broad SMARTS) is 1. The molecule has 1 saturated heterocycles. The molecule has 1 saturated carbocycles. The van der Waals surface area contributed by atoms with Gasteiger partial charge in [-0.1, -0.05) is 12.8 Å². The van der Waals surface area contributed by atoms with Gasteiger partial charge in [-0.3, -0.25) is 9.69 Å². The minimum absolute atomic E-state index is 0.215. The van der Waals surface area contributed by atoms with Crippen molar-refractivity contribution >= 4 is 5.97 Å². The molecule has 1 aliphatic heterocycles. The Morgan fingerprint density at radius 2 is 1.88 bits per heavy atom. The molecule has 0 bridgehead atoms. The molecule has 1 aliphatic carbocycles. The van der Waals surface area contributed by atoms with E-state index in [-0.39, 0.29) is 5.92 Å². The molecule has 2 rings (SSSR count). The van der Waals surface area contributed by atoms with Crippen LogP contribution < -0.4 is 0 Å². The van der Waals surface area contributed by atoms with Gasteiger partial charge >= 0.3 is 5.97 Å². The molecule has 4 nitrogen and oxygen atoms in total. The topological polar surface area (TPSA) is 43.8 Å². The third-order valence-electron chi connectivity index (χ3n) is 3.95. The summed E-state index contributed by atoms with van der Waals surface area (Å²) in [5.74, 6) is -0.857. The van der Waals surface area contributed by atoms with Crippen LogP contribution >= 0.6 is 0 Å². The van der Waals surface area contributed by atoms with E-state index < -0.39 is 5.97 Å². The van der Waals surface area contributed by atoms with Crippen LogP contribution in [-0.2, 0) is 4.79 Å². The monoisotopic (exact) mass is 226 g/mol. The first-order chi connectivity index (χ1) is 7.66. The van der Waals surface area contributed by atoms with Gasteiger partial charge in [0.05, 0.1) is 5.92 Å². The molecular formula is C12H22N2O2. The molecule has 0 aromatic carbocycles. The molecule has 1 unspecified atom stereocenters. The molecular weight excluding hydrogens is 204 g/mol. The highest BCUT2D eigenvalue weighted by molar-refractivity contribution is 5.70. The maximum atomic E-state index is 11.2. The summed E-state index contributed by atoms with van der Waals surface area (Å²) in [6, 6.07) is 0.647. The number of nitrogens with zero attached hydrogens (tertiary/aromatic N) is 2. The normalized spacial score (nSPS) is 30.4. The van der Waals surface area contributed by atoms with Crippen LogP contribution in [0.2, 0.25) is 0 Å². The van der Waals surface area contributed by atoms with Gasteiger partial charge in [0.15, 0.2) is 0 Å². The van der Waals surface area contributed by atoms with E-state index in [9.17, 15) is 9.90 Å². The molecule has 1 heterocycles. The van der Waals surface area contributed by atoms with E-state index in [0.29, 0.717) is 12.6 Å². The first-order valence-corrected chi connectivity index (χ1v) is 6.32. The van der Waals surface area contributed by atoms with Crippen molar-refractivity contribution in [1.82, 2.24) is 9.80 Å². The van der Waals surface area contributed by atoms with Gasteiger partial charge in [0.25, 0.3) is 0 Å². The highest BCUT2D eigenvalue weighted by Gasteiger charge is 2.30. The summed E-state index contributed by atoms with van der Waals surface area (Å²) in [5, 5.41) is 9.19. The predicted octanol–water partition coefficient (Wildman–Crippen LogP) is 0.877. The summed E-state index contributed by atoms with van der Waals surface area (Å²) in [6.07, 6.45) is 5.15. The molecule has 0 aromatic heterocycles. The number of likely N-dealkylation sites (N-methyl/N-ethyl adjacent to an activating group) is 1. The fraction of sp³-hybridized carbons (Fsp3) is 0.917. The smallest absolute Gasteiger partial charge is 0.309 e. The summed E-state index contributed by atoms with van der Waals surface area (Å²) in [6.45, 7) is 3.47. The van der Waals surface area contributed by atoms with Crippen molar-refractivity contribution in [2.24, 2.45) is 5.92 Å². The first-order valence-electron chi connectivity index (χ1n) is 6.32. The van der Waals surface area contributed by atoms with Crippen LogP contribution in [0, 0.1) is 5.92 Å². The Labute approximate surface area is 97.2 Å². The average Bonchev–Trinajstić information content (AvgIpc) is 2.68. The predicted molar refractivity (Wildman–Crippen MR) is 62.5 cm³/mol. The minimum Gasteiger partial charge on any atom is -0.481 e. The van der Waals surface area contributed by atoms with Gasteiger partial charge in [0, 0.05) is 32.2 Å². The summed E-state index contributed by atoms with van der Waals surface area (Å²) in [5.41, 5.74) is 0. The van der Waals surface area contributed by atoms with Crippen molar-refractivity contribution in [2.45, 2.75) is 31.7 Å². The number of carboxylic acids is 1. The van der Waals surface area contributed by atoms with Crippen molar-refractivity contribution in [3.63, 3.8) is 0 Å². The Morgan fingerprint density at radius 3 is 2.50 bits per heavy atom. The van der Waals surface area contributed by atoms with Gasteiger partial charge < -0.3 is 10.0 Å². The van der Waals surface area contributed by atoms with Crippen LogP contribution in [0.4, 0.5) is 0 Å². The molecule has 92 valence electrons. The van der Waals surface area contributed by atoms with E-state index in [1.165, 1.54) is 25.7 Å². The number of hydrogen-bond acceptors (Lipinski definition) is 3. The van der Waals surface area contributed by atoms with E-state index in [2.05, 4.69) is 9.80 Å². The third-order valence-corrected chi connectivity index (χ3v) is 3.95. The Hall–Kier alpha value is -0.610. The lowest BCUT2D eigenvalue weighted by molar-refractivity contribution is -0.142. The molecule has 0 amide bonds. The average molecular weight is 226 g/mol. The molecule has 0 aromatic rings. The summed E-state index contributed by atoms with van der Waals surface area (Å²) in [4.78, 5) is 15.7. The van der Waals surface area contributed by atoms with E-state index in [1.807, 2.05) is 7.05 Å². The van der Waals surface area contributed by atoms with Crippen LogP contribution in [0.5, 0.6) is 0 Å². The van der Waals surface area contributed by atoms with Gasteiger partial charge in [0.1, 0.15) is 0 Å². The second-order valence-corrected chi connectivity index (χ2v) is 5.23. The zero-order chi connectivity index (χ0) is 11.5. The third kappa shape index (κ3) is 2.74. The number of carbonyl (C=O) groups is 1. The lowest BCUT2D eigenvalue weighted by Gasteiger charge is -2.28. The molecule has 1 N–H and O–H groups in total. The maximum Gasteiger partial charge on any atom is 0.309 e. The largest absolute Gasteiger partial charge is 0.481 e. The molecule has 1 atom stereocenters. The quantitative estimate of drug-likeness (QED) is 0.759. The summed E-state index contributed by atoms with van der Waals surface area (Å²) >= 11 is 0. The fourth-order valence-electron chi connectivity index (χ4n) is 2.96. The molecule has 4 heteroatoms. The van der Waals surface area contributed by atoms with E-state index in [4.69, 9.17) is 0 Å². The standard InChI is InChI=1S/C12H22N2O2/c1-13-6-7-14(11-4-2-3-5-11)9-10(8-13)12(15)16/h10-11H,2-9H2,1H3,(H,15,16). The van der Waals surface area contributed by atoms with Gasteiger partial charge in [-0.05, 0) is 19.9 Å². The summed E-state index contributed by atoms with van der Waals surface area (Å²) in [7, 11) is 2.02. The second kappa shape index (κ2) is 5.15. The molecule has 0 spiro atoms. The Kier molecular flexibility index (Phi) is 3.82. The molecule has 0 radical (unpaired) electrons. The van der Waals surface area contributed by atoms with Gasteiger partial charge in [-0.2, -0.15) is 0 Å². The Morgan fingerprint density at radius 1 is 1.19 bits per heavy atom.